The van der Waals surface area contributed by atoms with Crippen molar-refractivity contribution in [2.24, 2.45) is 5.16 Å². The average Bonchev–Trinajstić information content (AvgIpc) is 2.95. The molecule has 27 heavy (non-hydrogen) atoms. The van der Waals surface area contributed by atoms with Crippen LogP contribution >= 0.6 is 11.3 Å². The fourth-order valence-corrected chi connectivity index (χ4v) is 3.19. The van der Waals surface area contributed by atoms with Gasteiger partial charge in [0.1, 0.15) is 11.8 Å². The SMILES string of the molecule is COC1(NC(=O)C(=NOC(C)C)c2csc(N)n2)CN(S(=O)(=O)O)C1=O.[NaH]. The van der Waals surface area contributed by atoms with Gasteiger partial charge in [0, 0.05) is 12.5 Å². The fraction of sp³-hybridized carbons (Fsp3) is 0.500. The zero-order valence-electron chi connectivity index (χ0n) is 14.0. The molecule has 1 aromatic rings. The number of anilines is 1. The van der Waals surface area contributed by atoms with Crippen molar-refractivity contribution in [3.05, 3.63) is 11.1 Å². The average molecular weight is 431 g/mol. The number of nitrogens with two attached hydrogens (primary N) is 1. The summed E-state index contributed by atoms with van der Waals surface area (Å²) in [4.78, 5) is 33.6. The van der Waals surface area contributed by atoms with E-state index in [1.54, 1.807) is 13.8 Å². The first-order valence-corrected chi connectivity index (χ1v) is 9.40. The molecule has 2 rings (SSSR count). The number of rotatable bonds is 7. The van der Waals surface area contributed by atoms with E-state index in [4.69, 9.17) is 19.9 Å². The molecule has 1 atom stereocenters. The minimum absolute atomic E-state index is 0. The Labute approximate surface area is 181 Å². The van der Waals surface area contributed by atoms with Gasteiger partial charge in [0.15, 0.2) is 10.8 Å². The Morgan fingerprint density at radius 2 is 2.19 bits per heavy atom. The maximum absolute atomic E-state index is 12.6. The monoisotopic (exact) mass is 431 g/mol. The van der Waals surface area contributed by atoms with Gasteiger partial charge >= 0.3 is 39.9 Å². The molecular weight excluding hydrogens is 413 g/mol. The molecule has 1 aliphatic rings. The molecule has 1 aliphatic heterocycles. The van der Waals surface area contributed by atoms with Crippen LogP contribution in [0.4, 0.5) is 5.13 Å². The van der Waals surface area contributed by atoms with E-state index in [0.717, 1.165) is 18.4 Å². The molecule has 1 fully saturated rings. The van der Waals surface area contributed by atoms with E-state index < -0.39 is 34.4 Å². The molecule has 0 aliphatic carbocycles. The number of β-lactam (4-membered cyclic amide) rings is 1. The minimum atomic E-state index is -4.75. The molecule has 2 amide bonds. The Bertz CT molecular complexity index is 856. The van der Waals surface area contributed by atoms with Gasteiger partial charge in [-0.05, 0) is 13.8 Å². The van der Waals surface area contributed by atoms with E-state index >= 15 is 0 Å². The van der Waals surface area contributed by atoms with Gasteiger partial charge in [-0.15, -0.1) is 11.3 Å². The second-order valence-corrected chi connectivity index (χ2v) is 7.67. The van der Waals surface area contributed by atoms with Crippen LogP contribution in [-0.4, -0.2) is 94.8 Å². The van der Waals surface area contributed by atoms with Crippen molar-refractivity contribution in [3.63, 3.8) is 0 Å². The quantitative estimate of drug-likeness (QED) is 0.114. The summed E-state index contributed by atoms with van der Waals surface area (Å²) in [6, 6.07) is 0. The van der Waals surface area contributed by atoms with Crippen molar-refractivity contribution >= 4 is 73.9 Å². The van der Waals surface area contributed by atoms with Crippen molar-refractivity contribution in [3.8, 4) is 0 Å². The molecule has 2 heterocycles. The van der Waals surface area contributed by atoms with Crippen LogP contribution < -0.4 is 11.1 Å². The van der Waals surface area contributed by atoms with Gasteiger partial charge < -0.3 is 20.6 Å². The van der Waals surface area contributed by atoms with Crippen LogP contribution in [0.1, 0.15) is 19.5 Å². The predicted molar refractivity (Wildman–Crippen MR) is 97.6 cm³/mol. The number of nitrogens with zero attached hydrogens (tertiary/aromatic N) is 3. The molecule has 146 valence electrons. The summed E-state index contributed by atoms with van der Waals surface area (Å²) < 4.78 is 36.2. The Morgan fingerprint density at radius 1 is 1.56 bits per heavy atom. The third-order valence-electron chi connectivity index (χ3n) is 3.22. The molecule has 0 spiro atoms. The van der Waals surface area contributed by atoms with E-state index in [1.807, 2.05) is 0 Å². The zero-order valence-corrected chi connectivity index (χ0v) is 15.6. The van der Waals surface area contributed by atoms with Crippen molar-refractivity contribution in [1.82, 2.24) is 14.6 Å². The summed E-state index contributed by atoms with van der Waals surface area (Å²) in [6.45, 7) is 2.76. The van der Waals surface area contributed by atoms with Gasteiger partial charge in [-0.3, -0.25) is 14.1 Å². The first-order valence-electron chi connectivity index (χ1n) is 7.12. The van der Waals surface area contributed by atoms with Crippen LogP contribution in [0.15, 0.2) is 10.5 Å². The number of methoxy groups -OCH3 is 1. The Hall–Kier alpha value is -1.29. The number of nitrogens with one attached hydrogen (secondary N) is 1. The molecule has 0 saturated carbocycles. The summed E-state index contributed by atoms with van der Waals surface area (Å²) >= 11 is 1.06. The second-order valence-electron chi connectivity index (χ2n) is 5.44. The normalized spacial score (nSPS) is 20.1. The van der Waals surface area contributed by atoms with Crippen LogP contribution in [0.25, 0.3) is 0 Å². The maximum atomic E-state index is 12.6. The van der Waals surface area contributed by atoms with Crippen LogP contribution in [0, 0.1) is 0 Å². The van der Waals surface area contributed by atoms with E-state index in [-0.39, 0.29) is 56.5 Å². The molecule has 15 heteroatoms. The number of amides is 2. The molecule has 0 bridgehead atoms. The summed E-state index contributed by atoms with van der Waals surface area (Å²) in [5.41, 5.74) is 3.42. The van der Waals surface area contributed by atoms with E-state index in [0.29, 0.717) is 0 Å². The van der Waals surface area contributed by atoms with Crippen LogP contribution in [0.5, 0.6) is 0 Å². The number of oxime groups is 1. The van der Waals surface area contributed by atoms with Gasteiger partial charge in [-0.1, -0.05) is 5.16 Å². The Morgan fingerprint density at radius 3 is 2.59 bits per heavy atom. The third-order valence-corrected chi connectivity index (χ3v) is 4.74. The Balaban J connectivity index is 0.00000364. The van der Waals surface area contributed by atoms with E-state index in [9.17, 15) is 18.0 Å². The van der Waals surface area contributed by atoms with E-state index in [1.165, 1.54) is 5.38 Å². The Kier molecular flexibility index (Phi) is 7.75. The molecular formula is C12H18N5NaO7S2. The van der Waals surface area contributed by atoms with Crippen molar-refractivity contribution in [2.45, 2.75) is 25.7 Å². The van der Waals surface area contributed by atoms with Gasteiger partial charge in [0.2, 0.25) is 5.72 Å². The molecule has 1 unspecified atom stereocenters. The standard InChI is InChI=1S/C12H17N5O7S2.Na.H/c1-6(2)24-16-8(7-4-25-11(13)14-7)9(18)15-12(23-3)5-17(10(12)19)26(20,21)22;;/h4,6H,5H2,1-3H3,(H2,13,14)(H,15,18)(H,20,21,22);;. The summed E-state index contributed by atoms with van der Waals surface area (Å²) in [5, 5.41) is 7.62. The second kappa shape index (κ2) is 8.81. The fourth-order valence-electron chi connectivity index (χ4n) is 1.94. The molecule has 4 N–H and O–H groups in total. The molecule has 0 radical (unpaired) electrons. The van der Waals surface area contributed by atoms with Gasteiger partial charge in [0.25, 0.3) is 11.8 Å². The van der Waals surface area contributed by atoms with Gasteiger partial charge in [-0.2, -0.15) is 8.42 Å². The summed E-state index contributed by atoms with van der Waals surface area (Å²) in [7, 11) is -3.65. The van der Waals surface area contributed by atoms with Crippen molar-refractivity contribution in [1.29, 1.82) is 0 Å². The van der Waals surface area contributed by atoms with Crippen LogP contribution in [0.3, 0.4) is 0 Å². The first kappa shape index (κ1) is 23.7. The number of ether oxygens (including phenoxy) is 1. The summed E-state index contributed by atoms with van der Waals surface area (Å²) in [6.07, 6.45) is -0.342. The van der Waals surface area contributed by atoms with E-state index in [2.05, 4.69) is 15.5 Å². The summed E-state index contributed by atoms with van der Waals surface area (Å²) in [5.74, 6) is -2.06. The van der Waals surface area contributed by atoms with Gasteiger partial charge in [0.05, 0.1) is 6.54 Å². The van der Waals surface area contributed by atoms with Crippen LogP contribution in [0.2, 0.25) is 0 Å². The number of carbonyl (C=O) groups excluding carboxylic acids is 2. The number of carbonyl (C=O) groups is 2. The van der Waals surface area contributed by atoms with Crippen molar-refractivity contribution in [2.75, 3.05) is 19.4 Å². The zero-order chi connectivity index (χ0) is 19.7. The number of hydrogen-bond acceptors (Lipinski definition) is 10. The predicted octanol–water partition coefficient (Wildman–Crippen LogP) is -1.69. The van der Waals surface area contributed by atoms with Crippen molar-refractivity contribution < 1.29 is 32.1 Å². The number of aromatic nitrogens is 1. The number of hydrogen-bond donors (Lipinski definition) is 3. The topological polar surface area (TPSA) is 174 Å². The number of nitrogen functional groups attached to an aromatic ring is 1. The molecule has 0 aromatic carbocycles. The third kappa shape index (κ3) is 5.16. The number of thiazole rings is 1. The van der Waals surface area contributed by atoms with Crippen LogP contribution in [-0.2, 0) is 29.5 Å². The van der Waals surface area contributed by atoms with Gasteiger partial charge in [-0.25, -0.2) is 9.29 Å². The molecule has 12 nitrogen and oxygen atoms in total. The molecule has 1 aromatic heterocycles. The molecule has 1 saturated heterocycles. The first-order chi connectivity index (χ1) is 12.0.